The van der Waals surface area contributed by atoms with E-state index >= 15 is 0 Å². The first-order valence-electron chi connectivity index (χ1n) is 10.1. The number of benzene rings is 2. The fourth-order valence-corrected chi connectivity index (χ4v) is 4.44. The van der Waals surface area contributed by atoms with Gasteiger partial charge in [0, 0.05) is 24.2 Å². The lowest BCUT2D eigenvalue weighted by molar-refractivity contribution is -0.136. The van der Waals surface area contributed by atoms with Crippen LogP contribution in [0.5, 0.6) is 5.75 Å². The average molecular weight is 507 g/mol. The van der Waals surface area contributed by atoms with E-state index in [1.165, 1.54) is 17.0 Å². The van der Waals surface area contributed by atoms with Crippen molar-refractivity contribution in [2.24, 2.45) is 0 Å². The monoisotopic (exact) mass is 506 g/mol. The topological polar surface area (TPSA) is 95.9 Å². The second-order valence-electron chi connectivity index (χ2n) is 7.17. The molecule has 0 spiro atoms. The van der Waals surface area contributed by atoms with E-state index in [1.807, 2.05) is 0 Å². The summed E-state index contributed by atoms with van der Waals surface area (Å²) >= 11 is 6.33. The number of carbonyl (C=O) groups excluding carboxylic acids is 2. The first kappa shape index (κ1) is 25.3. The smallest absolute Gasteiger partial charge is 0.387 e. The van der Waals surface area contributed by atoms with Gasteiger partial charge in [-0.15, -0.1) is 0 Å². The van der Waals surface area contributed by atoms with E-state index < -0.39 is 12.6 Å². The first-order valence-corrected chi connectivity index (χ1v) is 11.3. The minimum absolute atomic E-state index is 0.0459. The van der Waals surface area contributed by atoms with Crippen LogP contribution in [0.15, 0.2) is 53.4 Å². The van der Waals surface area contributed by atoms with Crippen LogP contribution in [0.1, 0.15) is 24.0 Å². The van der Waals surface area contributed by atoms with Gasteiger partial charge >= 0.3 is 12.6 Å². The van der Waals surface area contributed by atoms with Gasteiger partial charge in [0.2, 0.25) is 5.91 Å². The highest BCUT2D eigenvalue weighted by atomic mass is 32.2. The zero-order valence-corrected chi connectivity index (χ0v) is 19.3. The molecule has 0 radical (unpaired) electrons. The highest BCUT2D eigenvalue weighted by molar-refractivity contribution is 8.26. The first-order chi connectivity index (χ1) is 16.2. The maximum atomic E-state index is 12.7. The van der Waals surface area contributed by atoms with Gasteiger partial charge in [-0.3, -0.25) is 19.3 Å². The van der Waals surface area contributed by atoms with Crippen molar-refractivity contribution >= 4 is 57.8 Å². The normalized spacial score (nSPS) is 14.7. The summed E-state index contributed by atoms with van der Waals surface area (Å²) in [6, 6.07) is 12.6. The van der Waals surface area contributed by atoms with Gasteiger partial charge in [-0.2, -0.15) is 8.78 Å². The van der Waals surface area contributed by atoms with Crippen molar-refractivity contribution in [2.75, 3.05) is 11.9 Å². The minimum atomic E-state index is -2.99. The maximum Gasteiger partial charge on any atom is 0.387 e. The van der Waals surface area contributed by atoms with Crippen LogP contribution in [-0.2, 0) is 20.8 Å². The van der Waals surface area contributed by atoms with Gasteiger partial charge in [-0.1, -0.05) is 54.3 Å². The number of ether oxygens (including phenoxy) is 1. The second-order valence-corrected chi connectivity index (χ2v) is 8.84. The van der Waals surface area contributed by atoms with Crippen molar-refractivity contribution in [2.45, 2.75) is 25.9 Å². The highest BCUT2D eigenvalue weighted by Crippen LogP contribution is 2.34. The average Bonchev–Trinajstić information content (AvgIpc) is 3.03. The van der Waals surface area contributed by atoms with Crippen LogP contribution in [0.25, 0.3) is 6.08 Å². The Hall–Kier alpha value is -3.31. The number of thiocarbonyl (C=S) groups is 1. The van der Waals surface area contributed by atoms with E-state index in [-0.39, 0.29) is 41.9 Å². The van der Waals surface area contributed by atoms with Gasteiger partial charge in [-0.25, -0.2) is 0 Å². The molecular weight excluding hydrogens is 486 g/mol. The molecule has 2 amide bonds. The number of rotatable bonds is 10. The van der Waals surface area contributed by atoms with E-state index in [0.29, 0.717) is 27.6 Å². The molecule has 0 bridgehead atoms. The highest BCUT2D eigenvalue weighted by Gasteiger charge is 2.32. The molecule has 2 aromatic carbocycles. The fraction of sp³-hybridized carbons (Fsp3) is 0.217. The number of carboxylic acids is 1. The number of anilines is 1. The van der Waals surface area contributed by atoms with Gasteiger partial charge in [0.1, 0.15) is 10.1 Å². The number of carboxylic acid groups (broad SMARTS) is 1. The van der Waals surface area contributed by atoms with Crippen molar-refractivity contribution in [1.82, 2.24) is 4.90 Å². The Morgan fingerprint density at radius 3 is 2.56 bits per heavy atom. The molecule has 0 saturated carbocycles. The van der Waals surface area contributed by atoms with Crippen LogP contribution in [-0.4, -0.2) is 45.3 Å². The van der Waals surface area contributed by atoms with Gasteiger partial charge in [0.15, 0.2) is 0 Å². The molecule has 0 unspecified atom stereocenters. The quantitative estimate of drug-likeness (QED) is 0.361. The van der Waals surface area contributed by atoms with E-state index in [4.69, 9.17) is 17.3 Å². The number of hydrogen-bond acceptors (Lipinski definition) is 6. The molecule has 1 fully saturated rings. The molecule has 1 saturated heterocycles. The molecular formula is C23H20F2N2O5S2. The molecule has 0 aliphatic carbocycles. The molecule has 34 heavy (non-hydrogen) atoms. The van der Waals surface area contributed by atoms with Crippen molar-refractivity contribution in [3.8, 4) is 5.75 Å². The van der Waals surface area contributed by atoms with E-state index in [2.05, 4.69) is 10.1 Å². The summed E-state index contributed by atoms with van der Waals surface area (Å²) in [7, 11) is 0. The zero-order chi connectivity index (χ0) is 24.7. The van der Waals surface area contributed by atoms with Gasteiger partial charge < -0.3 is 15.2 Å². The molecule has 0 aromatic heterocycles. The molecule has 2 N–H and O–H groups in total. The number of para-hydroxylation sites is 1. The minimum Gasteiger partial charge on any atom is -0.481 e. The molecule has 11 heteroatoms. The Bertz CT molecular complexity index is 1120. The van der Waals surface area contributed by atoms with Crippen LogP contribution in [0.3, 0.4) is 0 Å². The van der Waals surface area contributed by atoms with Gasteiger partial charge in [-0.05, 0) is 36.3 Å². The SMILES string of the molecule is O=C(O)Cc1ccc(NC(=O)CCCN2C(=O)/C(=C/c3ccccc3OC(F)F)SC2=S)cc1. The lowest BCUT2D eigenvalue weighted by Crippen LogP contribution is -2.29. The Kier molecular flexibility index (Phi) is 8.72. The number of halogens is 2. The summed E-state index contributed by atoms with van der Waals surface area (Å²) < 4.78 is 30.1. The maximum absolute atomic E-state index is 12.7. The molecule has 3 rings (SSSR count). The third-order valence-electron chi connectivity index (χ3n) is 4.67. The summed E-state index contributed by atoms with van der Waals surface area (Å²) in [5.74, 6) is -1.61. The molecule has 0 atom stereocenters. The van der Waals surface area contributed by atoms with Crippen LogP contribution < -0.4 is 10.1 Å². The van der Waals surface area contributed by atoms with Crippen molar-refractivity contribution in [1.29, 1.82) is 0 Å². The zero-order valence-electron chi connectivity index (χ0n) is 17.7. The van der Waals surface area contributed by atoms with Crippen LogP contribution >= 0.6 is 24.0 Å². The van der Waals surface area contributed by atoms with Gasteiger partial charge in [0.25, 0.3) is 5.91 Å². The third kappa shape index (κ3) is 7.09. The van der Waals surface area contributed by atoms with Crippen molar-refractivity contribution in [3.63, 3.8) is 0 Å². The van der Waals surface area contributed by atoms with Crippen molar-refractivity contribution in [3.05, 3.63) is 64.6 Å². The molecule has 178 valence electrons. The summed E-state index contributed by atoms with van der Waals surface area (Å²) in [5.41, 5.74) is 1.49. The van der Waals surface area contributed by atoms with Crippen LogP contribution in [0.2, 0.25) is 0 Å². The number of nitrogens with one attached hydrogen (secondary N) is 1. The Morgan fingerprint density at radius 2 is 1.88 bits per heavy atom. The largest absolute Gasteiger partial charge is 0.481 e. The molecule has 1 aliphatic heterocycles. The summed E-state index contributed by atoms with van der Waals surface area (Å²) in [4.78, 5) is 37.3. The van der Waals surface area contributed by atoms with Crippen LogP contribution in [0, 0.1) is 0 Å². The Labute approximate surface area is 203 Å². The molecule has 1 aliphatic rings. The third-order valence-corrected chi connectivity index (χ3v) is 6.05. The van der Waals surface area contributed by atoms with E-state index in [0.717, 1.165) is 11.8 Å². The second kappa shape index (κ2) is 11.7. The van der Waals surface area contributed by atoms with Crippen molar-refractivity contribution < 1.29 is 33.0 Å². The van der Waals surface area contributed by atoms with Crippen LogP contribution in [0.4, 0.5) is 14.5 Å². The fourth-order valence-electron chi connectivity index (χ4n) is 3.14. The van der Waals surface area contributed by atoms with Gasteiger partial charge in [0.05, 0.1) is 11.3 Å². The summed E-state index contributed by atoms with van der Waals surface area (Å²) in [5, 5.41) is 11.5. The standard InChI is InChI=1S/C23H20F2N2O5S2/c24-22(25)32-17-5-2-1-4-15(17)13-18-21(31)27(23(33)34-18)11-3-6-19(28)26-16-9-7-14(8-10-16)12-20(29)30/h1-2,4-5,7-10,13,22H,3,6,11-12H2,(H,26,28)(H,29,30)/b18-13-. The number of carbonyl (C=O) groups is 3. The number of nitrogens with zero attached hydrogens (tertiary/aromatic N) is 1. The predicted molar refractivity (Wildman–Crippen MR) is 129 cm³/mol. The number of thioether (sulfide) groups is 1. The number of hydrogen-bond donors (Lipinski definition) is 2. The lowest BCUT2D eigenvalue weighted by Gasteiger charge is -2.14. The number of aliphatic carboxylic acids is 1. The lowest BCUT2D eigenvalue weighted by atomic mass is 10.1. The molecule has 2 aromatic rings. The summed E-state index contributed by atoms with van der Waals surface area (Å²) in [6.07, 6.45) is 1.85. The number of alkyl halides is 2. The Morgan fingerprint density at radius 1 is 1.18 bits per heavy atom. The summed E-state index contributed by atoms with van der Waals surface area (Å²) in [6.45, 7) is -2.76. The van der Waals surface area contributed by atoms with E-state index in [1.54, 1.807) is 42.5 Å². The molecule has 7 nitrogen and oxygen atoms in total. The predicted octanol–water partition coefficient (Wildman–Crippen LogP) is 4.54. The molecule has 1 heterocycles. The Balaban J connectivity index is 1.53. The number of amides is 2. The van der Waals surface area contributed by atoms with E-state index in [9.17, 15) is 23.2 Å².